The van der Waals surface area contributed by atoms with Crippen molar-refractivity contribution >= 4 is 61.5 Å². The minimum absolute atomic E-state index is 0.954. The lowest BCUT2D eigenvalue weighted by molar-refractivity contribution is 0.568. The monoisotopic (exact) mass is 818 g/mol. The Labute approximate surface area is 371 Å². The van der Waals surface area contributed by atoms with E-state index >= 15 is 0 Å². The second-order valence-electron chi connectivity index (χ2n) is 17.1. The number of anilines is 3. The number of fused-ring (bicyclic) bond motifs is 7. The number of rotatable bonds is 8. The fraction of sp³-hybridized carbons (Fsp3) is 0.0492. The quantitative estimate of drug-likeness (QED) is 0.152. The average Bonchev–Trinajstić information content (AvgIpc) is 3.98. The van der Waals surface area contributed by atoms with Crippen LogP contribution in [-0.2, 0) is 6.42 Å². The summed E-state index contributed by atoms with van der Waals surface area (Å²) in [5.41, 5.74) is 21.9. The molecule has 0 aliphatic heterocycles. The highest BCUT2D eigenvalue weighted by Gasteiger charge is 2.30. The van der Waals surface area contributed by atoms with Gasteiger partial charge in [-0.05, 0) is 112 Å². The van der Waals surface area contributed by atoms with Crippen LogP contribution in [0.5, 0.6) is 0 Å². The maximum atomic E-state index is 6.46. The first-order valence-electron chi connectivity index (χ1n) is 22.4. The Bertz CT molecular complexity index is 3730. The van der Waals surface area contributed by atoms with Crippen molar-refractivity contribution in [2.45, 2.75) is 19.3 Å². The third kappa shape index (κ3) is 5.89. The molecule has 0 saturated heterocycles. The standard InChI is InChI=1S/C61H42N2O/c1-3-15-40(16-4-1)48-22-14-27-58-60(48)52-21-8-11-26-56(52)63(58)55-25-10-7-19-47(55)42-31-29-41(30-32-42)46-37-38-57(54-39-53(46)54)62(44-17-5-2-6-18-44)45-35-33-43(34-36-45)49-23-13-24-51-50-20-9-12-28-59(50)64-61(49)51/h1-12,14-22,24-38H,13,23,39H2. The molecule has 0 N–H and O–H groups in total. The third-order valence-corrected chi connectivity index (χ3v) is 13.4. The van der Waals surface area contributed by atoms with Crippen LogP contribution >= 0.6 is 0 Å². The Kier molecular flexibility index (Phi) is 8.42. The number of furan rings is 1. The van der Waals surface area contributed by atoms with Crippen molar-refractivity contribution in [1.82, 2.24) is 4.57 Å². The van der Waals surface area contributed by atoms with Crippen molar-refractivity contribution in [3.05, 3.63) is 240 Å². The summed E-state index contributed by atoms with van der Waals surface area (Å²) in [6.07, 6.45) is 5.29. The number of hydrogen-bond acceptors (Lipinski definition) is 2. The topological polar surface area (TPSA) is 21.3 Å². The lowest BCUT2D eigenvalue weighted by atomic mass is 9.96. The highest BCUT2D eigenvalue weighted by Crippen LogP contribution is 2.49. The molecule has 11 aromatic rings. The van der Waals surface area contributed by atoms with Crippen LogP contribution in [0, 0.1) is 0 Å². The third-order valence-electron chi connectivity index (χ3n) is 13.4. The summed E-state index contributed by atoms with van der Waals surface area (Å²) in [4.78, 5) is 2.42. The van der Waals surface area contributed by atoms with Gasteiger partial charge < -0.3 is 13.9 Å². The molecule has 3 heteroatoms. The molecule has 0 saturated carbocycles. The molecular formula is C61H42N2O. The van der Waals surface area contributed by atoms with Crippen LogP contribution < -0.4 is 15.5 Å². The SMILES string of the molecule is C1=c2c(oc3ccccc23)=C(c2ccc(N(c3ccccc3)c3ccc(-c4ccc(-c5ccccc5-n5c6ccccc6c6c(-c7ccccc7)cccc65)cc4)c4c3C4)cc2)CC1. The molecule has 2 heterocycles. The van der Waals surface area contributed by atoms with Gasteiger partial charge in [0.1, 0.15) is 11.0 Å². The molecule has 9 aromatic carbocycles. The van der Waals surface area contributed by atoms with Gasteiger partial charge in [-0.15, -0.1) is 0 Å². The Morgan fingerprint density at radius 1 is 0.438 bits per heavy atom. The fourth-order valence-electron chi connectivity index (χ4n) is 10.4. The average molecular weight is 819 g/mol. The van der Waals surface area contributed by atoms with Gasteiger partial charge in [-0.25, -0.2) is 0 Å². The van der Waals surface area contributed by atoms with Crippen LogP contribution in [0.1, 0.15) is 29.5 Å². The highest BCUT2D eigenvalue weighted by molar-refractivity contribution is 6.16. The summed E-state index contributed by atoms with van der Waals surface area (Å²) >= 11 is 0. The van der Waals surface area contributed by atoms with Crippen molar-refractivity contribution < 1.29 is 4.42 Å². The number of nitrogens with zero attached hydrogens (tertiary/aromatic N) is 2. The van der Waals surface area contributed by atoms with Gasteiger partial charge in [-0.3, -0.25) is 0 Å². The van der Waals surface area contributed by atoms with E-state index in [0.717, 1.165) is 41.6 Å². The molecule has 2 aromatic heterocycles. The first-order valence-corrected chi connectivity index (χ1v) is 22.4. The normalized spacial score (nSPS) is 12.9. The van der Waals surface area contributed by atoms with E-state index in [1.165, 1.54) is 99.4 Å². The summed E-state index contributed by atoms with van der Waals surface area (Å²) < 4.78 is 8.91. The van der Waals surface area contributed by atoms with E-state index in [9.17, 15) is 0 Å². The van der Waals surface area contributed by atoms with Crippen molar-refractivity contribution in [1.29, 1.82) is 0 Å². The fourth-order valence-corrected chi connectivity index (χ4v) is 10.4. The summed E-state index contributed by atoms with van der Waals surface area (Å²) in [5, 5.41) is 4.96. The van der Waals surface area contributed by atoms with Crippen LogP contribution in [0.25, 0.3) is 83.5 Å². The maximum absolute atomic E-state index is 6.46. The van der Waals surface area contributed by atoms with E-state index < -0.39 is 0 Å². The molecule has 13 rings (SSSR count). The zero-order valence-corrected chi connectivity index (χ0v) is 35.2. The minimum Gasteiger partial charge on any atom is -0.456 e. The van der Waals surface area contributed by atoms with E-state index in [1.807, 2.05) is 0 Å². The molecule has 0 unspecified atom stereocenters. The Hall–Kier alpha value is -8.14. The van der Waals surface area contributed by atoms with Crippen molar-refractivity contribution in [2.75, 3.05) is 4.90 Å². The van der Waals surface area contributed by atoms with Gasteiger partial charge in [0, 0.05) is 56.0 Å². The largest absolute Gasteiger partial charge is 0.456 e. The van der Waals surface area contributed by atoms with E-state index in [4.69, 9.17) is 4.42 Å². The first kappa shape index (κ1) is 36.5. The van der Waals surface area contributed by atoms with Gasteiger partial charge in [0.25, 0.3) is 0 Å². The van der Waals surface area contributed by atoms with Crippen molar-refractivity contribution in [3.8, 4) is 39.1 Å². The van der Waals surface area contributed by atoms with Crippen LogP contribution in [0.15, 0.2) is 217 Å². The number of para-hydroxylation sites is 4. The van der Waals surface area contributed by atoms with Crippen molar-refractivity contribution in [2.24, 2.45) is 0 Å². The summed E-state index contributed by atoms with van der Waals surface area (Å²) in [5.74, 6) is 0. The molecule has 0 fully saturated rings. The molecule has 0 amide bonds. The van der Waals surface area contributed by atoms with Gasteiger partial charge in [0.15, 0.2) is 0 Å². The van der Waals surface area contributed by atoms with Crippen molar-refractivity contribution in [3.63, 3.8) is 0 Å². The Morgan fingerprint density at radius 2 is 1.06 bits per heavy atom. The summed E-state index contributed by atoms with van der Waals surface area (Å²) in [6, 6.07) is 77.2. The van der Waals surface area contributed by atoms with Gasteiger partial charge in [-0.2, -0.15) is 0 Å². The van der Waals surface area contributed by atoms with Crippen LogP contribution in [0.3, 0.4) is 0 Å². The second-order valence-corrected chi connectivity index (χ2v) is 17.1. The van der Waals surface area contributed by atoms with Gasteiger partial charge in [0.2, 0.25) is 0 Å². The van der Waals surface area contributed by atoms with E-state index in [-0.39, 0.29) is 0 Å². The van der Waals surface area contributed by atoms with E-state index in [1.54, 1.807) is 0 Å². The molecule has 302 valence electrons. The molecular weight excluding hydrogens is 777 g/mol. The maximum Gasteiger partial charge on any atom is 0.138 e. The highest BCUT2D eigenvalue weighted by atomic mass is 16.3. The molecule has 0 atom stereocenters. The Morgan fingerprint density at radius 3 is 1.89 bits per heavy atom. The summed E-state index contributed by atoms with van der Waals surface area (Å²) in [7, 11) is 0. The molecule has 0 radical (unpaired) electrons. The summed E-state index contributed by atoms with van der Waals surface area (Å²) in [6.45, 7) is 0. The van der Waals surface area contributed by atoms with Gasteiger partial charge >= 0.3 is 0 Å². The zero-order valence-electron chi connectivity index (χ0n) is 35.2. The zero-order chi connectivity index (χ0) is 42.1. The number of aromatic nitrogens is 1. The number of benzene rings is 9. The second kappa shape index (κ2) is 14.8. The van der Waals surface area contributed by atoms with Crippen LogP contribution in [0.4, 0.5) is 17.1 Å². The smallest absolute Gasteiger partial charge is 0.138 e. The predicted octanol–water partition coefficient (Wildman–Crippen LogP) is 14.7. The molecule has 3 nitrogen and oxygen atoms in total. The van der Waals surface area contributed by atoms with Crippen LogP contribution in [-0.4, -0.2) is 4.57 Å². The number of hydrogen-bond donors (Lipinski definition) is 0. The lowest BCUT2D eigenvalue weighted by Gasteiger charge is -2.26. The van der Waals surface area contributed by atoms with Crippen LogP contribution in [0.2, 0.25) is 0 Å². The molecule has 0 bridgehead atoms. The predicted molar refractivity (Wildman–Crippen MR) is 266 cm³/mol. The molecule has 2 aliphatic rings. The van der Waals surface area contributed by atoms with E-state index in [0.29, 0.717) is 0 Å². The molecule has 0 spiro atoms. The van der Waals surface area contributed by atoms with Gasteiger partial charge in [0.05, 0.1) is 16.7 Å². The molecule has 64 heavy (non-hydrogen) atoms. The first-order chi connectivity index (χ1) is 31.8. The van der Waals surface area contributed by atoms with E-state index in [2.05, 4.69) is 228 Å². The lowest BCUT2D eigenvalue weighted by Crippen LogP contribution is -2.26. The van der Waals surface area contributed by atoms with Gasteiger partial charge in [-0.1, -0.05) is 164 Å². The Balaban J connectivity index is 0.847. The minimum atomic E-state index is 0.954. The molecule has 2 aliphatic carbocycles.